The maximum atomic E-state index is 13.0. The fourth-order valence-corrected chi connectivity index (χ4v) is 2.45. The van der Waals surface area contributed by atoms with Crippen LogP contribution in [0.2, 0.25) is 0 Å². The predicted octanol–water partition coefficient (Wildman–Crippen LogP) is 4.01. The average Bonchev–Trinajstić information content (AvgIpc) is 2.27. The van der Waals surface area contributed by atoms with E-state index in [0.29, 0.717) is 17.9 Å². The minimum Gasteiger partial charge on any atom is -0.316 e. The van der Waals surface area contributed by atoms with Crippen LogP contribution in [0.25, 0.3) is 0 Å². The number of hydrogen-bond donors (Lipinski definition) is 1. The van der Waals surface area contributed by atoms with Crippen molar-refractivity contribution < 1.29 is 4.39 Å². The van der Waals surface area contributed by atoms with E-state index < -0.39 is 0 Å². The van der Waals surface area contributed by atoms with Gasteiger partial charge in [0.2, 0.25) is 0 Å². The molecule has 0 saturated carbocycles. The number of likely N-dealkylation sites (N-methyl/N-ethyl adjacent to an activating group) is 1. The number of rotatable bonds is 5. The Labute approximate surface area is 112 Å². The van der Waals surface area contributed by atoms with Crippen LogP contribution in [0.4, 0.5) is 4.39 Å². The van der Waals surface area contributed by atoms with Gasteiger partial charge in [0, 0.05) is 10.5 Å². The van der Waals surface area contributed by atoms with Crippen molar-refractivity contribution in [1.82, 2.24) is 5.32 Å². The third-order valence-electron chi connectivity index (χ3n) is 3.51. The lowest BCUT2D eigenvalue weighted by Crippen LogP contribution is -2.36. The second kappa shape index (κ2) is 6.50. The summed E-state index contributed by atoms with van der Waals surface area (Å²) in [6, 6.07) is 5.32. The lowest BCUT2D eigenvalue weighted by Gasteiger charge is -2.27. The Morgan fingerprint density at radius 1 is 1.29 bits per heavy atom. The van der Waals surface area contributed by atoms with Crippen LogP contribution in [0.1, 0.15) is 26.3 Å². The third kappa shape index (κ3) is 4.07. The molecule has 1 N–H and O–H groups in total. The Kier molecular flexibility index (Phi) is 5.60. The van der Waals surface area contributed by atoms with E-state index in [-0.39, 0.29) is 5.82 Å². The van der Waals surface area contributed by atoms with E-state index in [1.54, 1.807) is 0 Å². The van der Waals surface area contributed by atoms with Gasteiger partial charge in [-0.2, -0.15) is 0 Å². The molecule has 0 fully saturated rings. The molecule has 0 aliphatic heterocycles. The average molecular weight is 302 g/mol. The number of benzene rings is 1. The first-order valence-electron chi connectivity index (χ1n) is 6.07. The molecule has 2 unspecified atom stereocenters. The van der Waals surface area contributed by atoms with Crippen molar-refractivity contribution in [3.8, 4) is 0 Å². The number of nitrogens with one attached hydrogen (secondary N) is 1. The number of halogens is 2. The quantitative estimate of drug-likeness (QED) is 0.866. The molecule has 0 radical (unpaired) electrons. The molecule has 0 bridgehead atoms. The summed E-state index contributed by atoms with van der Waals surface area (Å²) in [5.41, 5.74) is 1.15. The van der Waals surface area contributed by atoms with Gasteiger partial charge in [-0.15, -0.1) is 0 Å². The Morgan fingerprint density at radius 3 is 2.41 bits per heavy atom. The SMILES string of the molecule is CNC(Cc1ccc(F)cc1Br)C(C)C(C)C. The largest absolute Gasteiger partial charge is 0.316 e. The molecule has 17 heavy (non-hydrogen) atoms. The van der Waals surface area contributed by atoms with Crippen molar-refractivity contribution in [3.63, 3.8) is 0 Å². The third-order valence-corrected chi connectivity index (χ3v) is 4.25. The van der Waals surface area contributed by atoms with Crippen molar-refractivity contribution in [2.24, 2.45) is 11.8 Å². The molecule has 1 aromatic carbocycles. The molecule has 2 atom stereocenters. The summed E-state index contributed by atoms with van der Waals surface area (Å²) in [4.78, 5) is 0. The van der Waals surface area contributed by atoms with Gasteiger partial charge in [0.25, 0.3) is 0 Å². The molecule has 3 heteroatoms. The Morgan fingerprint density at radius 2 is 1.94 bits per heavy atom. The smallest absolute Gasteiger partial charge is 0.124 e. The molecule has 0 aromatic heterocycles. The zero-order valence-electron chi connectivity index (χ0n) is 10.9. The highest BCUT2D eigenvalue weighted by atomic mass is 79.9. The highest BCUT2D eigenvalue weighted by Crippen LogP contribution is 2.23. The molecular weight excluding hydrogens is 281 g/mol. The molecule has 0 amide bonds. The molecule has 0 saturated heterocycles. The van der Waals surface area contributed by atoms with Crippen molar-refractivity contribution in [1.29, 1.82) is 0 Å². The highest BCUT2D eigenvalue weighted by Gasteiger charge is 2.19. The van der Waals surface area contributed by atoms with E-state index in [4.69, 9.17) is 0 Å². The van der Waals surface area contributed by atoms with Gasteiger partial charge >= 0.3 is 0 Å². The van der Waals surface area contributed by atoms with Crippen LogP contribution < -0.4 is 5.32 Å². The first-order chi connectivity index (χ1) is 7.95. The lowest BCUT2D eigenvalue weighted by molar-refractivity contribution is 0.309. The van der Waals surface area contributed by atoms with Gasteiger partial charge in [-0.05, 0) is 43.0 Å². The van der Waals surface area contributed by atoms with Crippen molar-refractivity contribution in [2.45, 2.75) is 33.2 Å². The van der Waals surface area contributed by atoms with Crippen molar-refractivity contribution in [2.75, 3.05) is 7.05 Å². The molecular formula is C14H21BrFN. The standard InChI is InChI=1S/C14H21BrFN/c1-9(2)10(3)14(17-4)7-11-5-6-12(16)8-13(11)15/h5-6,8-10,14,17H,7H2,1-4H3. The van der Waals surface area contributed by atoms with Gasteiger partial charge in [0.1, 0.15) is 5.82 Å². The van der Waals surface area contributed by atoms with Gasteiger partial charge in [0.15, 0.2) is 0 Å². The van der Waals surface area contributed by atoms with Crippen molar-refractivity contribution in [3.05, 3.63) is 34.1 Å². The van der Waals surface area contributed by atoms with Crippen LogP contribution >= 0.6 is 15.9 Å². The van der Waals surface area contributed by atoms with Gasteiger partial charge in [0.05, 0.1) is 0 Å². The van der Waals surface area contributed by atoms with E-state index in [1.165, 1.54) is 12.1 Å². The topological polar surface area (TPSA) is 12.0 Å². The summed E-state index contributed by atoms with van der Waals surface area (Å²) in [6.07, 6.45) is 0.913. The monoisotopic (exact) mass is 301 g/mol. The Balaban J connectivity index is 2.80. The van der Waals surface area contributed by atoms with E-state index >= 15 is 0 Å². The summed E-state index contributed by atoms with van der Waals surface area (Å²) < 4.78 is 13.9. The minimum atomic E-state index is -0.196. The van der Waals surface area contributed by atoms with E-state index in [9.17, 15) is 4.39 Å². The van der Waals surface area contributed by atoms with Crippen LogP contribution in [0, 0.1) is 17.7 Å². The van der Waals surface area contributed by atoms with Crippen LogP contribution in [-0.2, 0) is 6.42 Å². The lowest BCUT2D eigenvalue weighted by atomic mass is 9.87. The highest BCUT2D eigenvalue weighted by molar-refractivity contribution is 9.10. The summed E-state index contributed by atoms with van der Waals surface area (Å²) in [5.74, 6) is 1.02. The van der Waals surface area contributed by atoms with Gasteiger partial charge < -0.3 is 5.32 Å². The Bertz CT molecular complexity index is 365. The normalized spacial score (nSPS) is 15.0. The van der Waals surface area contributed by atoms with E-state index in [0.717, 1.165) is 16.5 Å². The van der Waals surface area contributed by atoms with E-state index in [2.05, 4.69) is 42.0 Å². The summed E-state index contributed by atoms with van der Waals surface area (Å²) in [5, 5.41) is 3.36. The van der Waals surface area contributed by atoms with Gasteiger partial charge in [-0.3, -0.25) is 0 Å². The number of hydrogen-bond acceptors (Lipinski definition) is 1. The second-order valence-electron chi connectivity index (χ2n) is 4.94. The maximum Gasteiger partial charge on any atom is 0.124 e. The molecule has 0 spiro atoms. The molecule has 0 heterocycles. The van der Waals surface area contributed by atoms with Crippen LogP contribution in [0.15, 0.2) is 22.7 Å². The molecule has 96 valence electrons. The Hall–Kier alpha value is -0.410. The molecule has 1 aromatic rings. The van der Waals surface area contributed by atoms with Crippen molar-refractivity contribution >= 4 is 15.9 Å². The molecule has 0 aliphatic rings. The van der Waals surface area contributed by atoms with Crippen LogP contribution in [0.3, 0.4) is 0 Å². The van der Waals surface area contributed by atoms with Gasteiger partial charge in [-0.25, -0.2) is 4.39 Å². The zero-order valence-corrected chi connectivity index (χ0v) is 12.5. The molecule has 1 rings (SSSR count). The summed E-state index contributed by atoms with van der Waals surface area (Å²) >= 11 is 3.42. The minimum absolute atomic E-state index is 0.196. The molecule has 1 nitrogen and oxygen atoms in total. The summed E-state index contributed by atoms with van der Waals surface area (Å²) in [6.45, 7) is 6.71. The summed E-state index contributed by atoms with van der Waals surface area (Å²) in [7, 11) is 1.99. The van der Waals surface area contributed by atoms with E-state index in [1.807, 2.05) is 13.1 Å². The van der Waals surface area contributed by atoms with Crippen LogP contribution in [0.5, 0.6) is 0 Å². The van der Waals surface area contributed by atoms with Crippen LogP contribution in [-0.4, -0.2) is 13.1 Å². The fraction of sp³-hybridized carbons (Fsp3) is 0.571. The second-order valence-corrected chi connectivity index (χ2v) is 5.79. The first kappa shape index (κ1) is 14.7. The predicted molar refractivity (Wildman–Crippen MR) is 74.7 cm³/mol. The maximum absolute atomic E-state index is 13.0. The molecule has 0 aliphatic carbocycles. The zero-order chi connectivity index (χ0) is 13.0. The van der Waals surface area contributed by atoms with Gasteiger partial charge in [-0.1, -0.05) is 42.8 Å². The fourth-order valence-electron chi connectivity index (χ4n) is 1.94. The first-order valence-corrected chi connectivity index (χ1v) is 6.86.